The molecule has 19 heavy (non-hydrogen) atoms. The lowest BCUT2D eigenvalue weighted by molar-refractivity contribution is 0.334. The van der Waals surface area contributed by atoms with E-state index in [1.54, 1.807) is 0 Å². The molecule has 0 amide bonds. The van der Waals surface area contributed by atoms with Gasteiger partial charge in [0.2, 0.25) is 0 Å². The normalized spacial score (nSPS) is 10.7. The average molecular weight is 254 g/mol. The Balaban J connectivity index is 1.79. The Morgan fingerprint density at radius 2 is 1.32 bits per heavy atom. The van der Waals surface area contributed by atoms with Crippen molar-refractivity contribution >= 4 is 5.69 Å². The first kappa shape index (κ1) is 13.6. The fourth-order valence-electron chi connectivity index (χ4n) is 2.11. The van der Waals surface area contributed by atoms with Crippen LogP contribution in [0.2, 0.25) is 0 Å². The molecular formula is C17H22N2. The largest absolute Gasteiger partial charge is 0.373 e. The summed E-state index contributed by atoms with van der Waals surface area (Å²) in [6.07, 6.45) is 0. The monoisotopic (exact) mass is 254 g/mol. The summed E-state index contributed by atoms with van der Waals surface area (Å²) in [5.41, 5.74) is 2.64. The standard InChI is InChI=1S/C17H22N2/c1-18(15-16-9-5-3-6-10-16)13-14-19(2)17-11-7-4-8-12-17/h3-12H,13-15H2,1-2H3. The highest BCUT2D eigenvalue weighted by Crippen LogP contribution is 2.10. The first-order valence-electron chi connectivity index (χ1n) is 6.74. The Morgan fingerprint density at radius 3 is 1.95 bits per heavy atom. The average Bonchev–Trinajstić information content (AvgIpc) is 2.47. The highest BCUT2D eigenvalue weighted by molar-refractivity contribution is 5.44. The van der Waals surface area contributed by atoms with Crippen LogP contribution in [0, 0.1) is 0 Å². The second-order valence-electron chi connectivity index (χ2n) is 4.98. The molecule has 0 bridgehead atoms. The van der Waals surface area contributed by atoms with Gasteiger partial charge in [0.1, 0.15) is 0 Å². The minimum absolute atomic E-state index is 1.00. The van der Waals surface area contributed by atoms with E-state index in [4.69, 9.17) is 0 Å². The molecule has 0 aliphatic heterocycles. The van der Waals surface area contributed by atoms with Gasteiger partial charge in [-0.25, -0.2) is 0 Å². The van der Waals surface area contributed by atoms with Crippen molar-refractivity contribution in [1.29, 1.82) is 0 Å². The lowest BCUT2D eigenvalue weighted by atomic mass is 10.2. The second kappa shape index (κ2) is 6.95. The summed E-state index contributed by atoms with van der Waals surface area (Å²) in [5, 5.41) is 0. The Hall–Kier alpha value is -1.80. The Kier molecular flexibility index (Phi) is 4.99. The molecular weight excluding hydrogens is 232 g/mol. The van der Waals surface area contributed by atoms with E-state index >= 15 is 0 Å². The molecule has 0 atom stereocenters. The van der Waals surface area contributed by atoms with Crippen molar-refractivity contribution < 1.29 is 0 Å². The number of para-hydroxylation sites is 1. The number of nitrogens with zero attached hydrogens (tertiary/aromatic N) is 2. The van der Waals surface area contributed by atoms with Gasteiger partial charge in [-0.2, -0.15) is 0 Å². The molecule has 2 heteroatoms. The number of anilines is 1. The summed E-state index contributed by atoms with van der Waals surface area (Å²) in [5.74, 6) is 0. The highest BCUT2D eigenvalue weighted by Gasteiger charge is 2.03. The predicted octanol–water partition coefficient (Wildman–Crippen LogP) is 3.25. The molecule has 0 aliphatic carbocycles. The first-order chi connectivity index (χ1) is 9.25. The zero-order valence-corrected chi connectivity index (χ0v) is 11.8. The summed E-state index contributed by atoms with van der Waals surface area (Å²) in [6, 6.07) is 21.1. The molecule has 0 saturated heterocycles. The lowest BCUT2D eigenvalue weighted by Gasteiger charge is -2.23. The van der Waals surface area contributed by atoms with Crippen LogP contribution in [-0.4, -0.2) is 32.1 Å². The molecule has 0 fully saturated rings. The molecule has 0 heterocycles. The minimum Gasteiger partial charge on any atom is -0.373 e. The zero-order chi connectivity index (χ0) is 13.5. The lowest BCUT2D eigenvalue weighted by Crippen LogP contribution is -2.30. The molecule has 2 rings (SSSR count). The SMILES string of the molecule is CN(CCN(C)c1ccccc1)Cc1ccccc1. The molecule has 100 valence electrons. The molecule has 0 aliphatic rings. The van der Waals surface area contributed by atoms with Crippen LogP contribution >= 0.6 is 0 Å². The predicted molar refractivity (Wildman–Crippen MR) is 82.5 cm³/mol. The summed E-state index contributed by atoms with van der Waals surface area (Å²) >= 11 is 0. The van der Waals surface area contributed by atoms with Gasteiger partial charge in [0.15, 0.2) is 0 Å². The van der Waals surface area contributed by atoms with E-state index in [0.717, 1.165) is 19.6 Å². The van der Waals surface area contributed by atoms with Crippen LogP contribution in [0.1, 0.15) is 5.56 Å². The van der Waals surface area contributed by atoms with Crippen molar-refractivity contribution in [3.05, 3.63) is 66.2 Å². The fourth-order valence-corrected chi connectivity index (χ4v) is 2.11. The van der Waals surface area contributed by atoms with Crippen molar-refractivity contribution in [1.82, 2.24) is 4.90 Å². The van der Waals surface area contributed by atoms with E-state index in [1.165, 1.54) is 11.3 Å². The van der Waals surface area contributed by atoms with Crippen molar-refractivity contribution in [2.24, 2.45) is 0 Å². The van der Waals surface area contributed by atoms with Crippen LogP contribution in [0.15, 0.2) is 60.7 Å². The third-order valence-electron chi connectivity index (χ3n) is 3.31. The Morgan fingerprint density at radius 1 is 0.737 bits per heavy atom. The van der Waals surface area contributed by atoms with Crippen molar-refractivity contribution in [2.45, 2.75) is 6.54 Å². The quantitative estimate of drug-likeness (QED) is 0.780. The molecule has 2 aromatic carbocycles. The maximum atomic E-state index is 2.36. The van der Waals surface area contributed by atoms with Gasteiger partial charge in [0.25, 0.3) is 0 Å². The van der Waals surface area contributed by atoms with Crippen LogP contribution < -0.4 is 4.90 Å². The molecule has 0 saturated carbocycles. The van der Waals surface area contributed by atoms with Crippen molar-refractivity contribution in [2.75, 3.05) is 32.1 Å². The van der Waals surface area contributed by atoms with Crippen LogP contribution in [0.5, 0.6) is 0 Å². The summed E-state index contributed by atoms with van der Waals surface area (Å²) in [6.45, 7) is 3.09. The van der Waals surface area contributed by atoms with Gasteiger partial charge in [-0.15, -0.1) is 0 Å². The van der Waals surface area contributed by atoms with Gasteiger partial charge < -0.3 is 9.80 Å². The molecule has 0 N–H and O–H groups in total. The fraction of sp³-hybridized carbons (Fsp3) is 0.294. The van der Waals surface area contributed by atoms with Gasteiger partial charge in [0.05, 0.1) is 0 Å². The number of benzene rings is 2. The van der Waals surface area contributed by atoms with E-state index in [2.05, 4.69) is 84.6 Å². The molecule has 0 aromatic heterocycles. The van der Waals surface area contributed by atoms with Gasteiger partial charge in [-0.3, -0.25) is 0 Å². The van der Waals surface area contributed by atoms with Gasteiger partial charge in [0, 0.05) is 32.4 Å². The molecule has 2 aromatic rings. The number of hydrogen-bond donors (Lipinski definition) is 0. The van der Waals surface area contributed by atoms with E-state index in [1.807, 2.05) is 0 Å². The van der Waals surface area contributed by atoms with Crippen molar-refractivity contribution in [3.63, 3.8) is 0 Å². The summed E-state index contributed by atoms with van der Waals surface area (Å²) in [4.78, 5) is 4.65. The van der Waals surface area contributed by atoms with E-state index < -0.39 is 0 Å². The van der Waals surface area contributed by atoms with Gasteiger partial charge in [-0.1, -0.05) is 48.5 Å². The second-order valence-corrected chi connectivity index (χ2v) is 4.98. The molecule has 0 radical (unpaired) electrons. The van der Waals surface area contributed by atoms with Crippen LogP contribution in [-0.2, 0) is 6.54 Å². The smallest absolute Gasteiger partial charge is 0.0364 e. The van der Waals surface area contributed by atoms with Gasteiger partial charge >= 0.3 is 0 Å². The minimum atomic E-state index is 1.00. The summed E-state index contributed by atoms with van der Waals surface area (Å²) < 4.78 is 0. The van der Waals surface area contributed by atoms with E-state index in [-0.39, 0.29) is 0 Å². The van der Waals surface area contributed by atoms with E-state index in [9.17, 15) is 0 Å². The van der Waals surface area contributed by atoms with Crippen molar-refractivity contribution in [3.8, 4) is 0 Å². The van der Waals surface area contributed by atoms with Crippen LogP contribution in [0.3, 0.4) is 0 Å². The molecule has 2 nitrogen and oxygen atoms in total. The van der Waals surface area contributed by atoms with Crippen LogP contribution in [0.25, 0.3) is 0 Å². The number of rotatable bonds is 6. The third-order valence-corrected chi connectivity index (χ3v) is 3.31. The number of hydrogen-bond acceptors (Lipinski definition) is 2. The van der Waals surface area contributed by atoms with Gasteiger partial charge in [-0.05, 0) is 24.7 Å². The molecule has 0 spiro atoms. The third kappa shape index (κ3) is 4.42. The summed E-state index contributed by atoms with van der Waals surface area (Å²) in [7, 11) is 4.32. The topological polar surface area (TPSA) is 6.48 Å². The Bertz CT molecular complexity index is 467. The maximum Gasteiger partial charge on any atom is 0.0364 e. The Labute approximate surface area is 116 Å². The molecule has 0 unspecified atom stereocenters. The zero-order valence-electron chi connectivity index (χ0n) is 11.8. The highest BCUT2D eigenvalue weighted by atomic mass is 15.2. The number of likely N-dealkylation sites (N-methyl/N-ethyl adjacent to an activating group) is 2. The first-order valence-corrected chi connectivity index (χ1v) is 6.74. The van der Waals surface area contributed by atoms with E-state index in [0.29, 0.717) is 0 Å². The maximum absolute atomic E-state index is 2.36. The van der Waals surface area contributed by atoms with Crippen LogP contribution in [0.4, 0.5) is 5.69 Å².